The molecule has 6 nitrogen and oxygen atoms in total. The molecule has 3 N–H and O–H groups in total. The van der Waals surface area contributed by atoms with Crippen LogP contribution >= 0.6 is 15.9 Å². The Labute approximate surface area is 133 Å². The van der Waals surface area contributed by atoms with Crippen molar-refractivity contribution < 1.29 is 17.9 Å². The van der Waals surface area contributed by atoms with Gasteiger partial charge in [-0.3, -0.25) is 4.79 Å². The first kappa shape index (κ1) is 17.9. The maximum Gasteiger partial charge on any atom is 0.257 e. The molecule has 0 fully saturated rings. The molecule has 0 radical (unpaired) electrons. The highest BCUT2D eigenvalue weighted by molar-refractivity contribution is 9.10. The number of primary sulfonamides is 1. The first-order valence-corrected chi connectivity index (χ1v) is 8.76. The van der Waals surface area contributed by atoms with Gasteiger partial charge in [0.2, 0.25) is 10.0 Å². The monoisotopic (exact) mass is 378 g/mol. The molecule has 0 aliphatic rings. The van der Waals surface area contributed by atoms with Crippen LogP contribution in [0.1, 0.15) is 20.3 Å². The van der Waals surface area contributed by atoms with E-state index in [4.69, 9.17) is 9.88 Å². The SMILES string of the molecule is CC(C)CCNC(=O)COc1ccc(Br)cc1S(N)(=O)=O. The third-order valence-corrected chi connectivity index (χ3v) is 4.04. The second kappa shape index (κ2) is 7.77. The van der Waals surface area contributed by atoms with Crippen LogP contribution in [0.2, 0.25) is 0 Å². The van der Waals surface area contributed by atoms with E-state index >= 15 is 0 Å². The number of hydrogen-bond acceptors (Lipinski definition) is 4. The van der Waals surface area contributed by atoms with Crippen LogP contribution in [-0.4, -0.2) is 27.5 Å². The zero-order chi connectivity index (χ0) is 16.0. The summed E-state index contributed by atoms with van der Waals surface area (Å²) in [7, 11) is -3.92. The van der Waals surface area contributed by atoms with E-state index in [9.17, 15) is 13.2 Å². The van der Waals surface area contributed by atoms with Gasteiger partial charge in [0, 0.05) is 11.0 Å². The van der Waals surface area contributed by atoms with E-state index < -0.39 is 10.0 Å². The first-order valence-electron chi connectivity index (χ1n) is 6.42. The summed E-state index contributed by atoms with van der Waals surface area (Å²) in [6.07, 6.45) is 0.868. The summed E-state index contributed by atoms with van der Waals surface area (Å²) < 4.78 is 28.7. The minimum atomic E-state index is -3.92. The summed E-state index contributed by atoms with van der Waals surface area (Å²) >= 11 is 3.16. The van der Waals surface area contributed by atoms with Gasteiger partial charge in [-0.05, 0) is 30.5 Å². The van der Waals surface area contributed by atoms with Gasteiger partial charge in [0.1, 0.15) is 10.6 Å². The van der Waals surface area contributed by atoms with Crippen LogP contribution in [0.15, 0.2) is 27.6 Å². The van der Waals surface area contributed by atoms with Crippen molar-refractivity contribution in [3.63, 3.8) is 0 Å². The number of carbonyl (C=O) groups excluding carboxylic acids is 1. The van der Waals surface area contributed by atoms with Crippen molar-refractivity contribution >= 4 is 31.9 Å². The van der Waals surface area contributed by atoms with Crippen LogP contribution in [0.5, 0.6) is 5.75 Å². The van der Waals surface area contributed by atoms with Crippen LogP contribution in [-0.2, 0) is 14.8 Å². The lowest BCUT2D eigenvalue weighted by Gasteiger charge is -2.11. The molecule has 0 saturated heterocycles. The number of hydrogen-bond donors (Lipinski definition) is 2. The fraction of sp³-hybridized carbons (Fsp3) is 0.462. The van der Waals surface area contributed by atoms with Crippen LogP contribution in [0.25, 0.3) is 0 Å². The molecule has 1 aromatic carbocycles. The van der Waals surface area contributed by atoms with Crippen LogP contribution in [0.3, 0.4) is 0 Å². The van der Waals surface area contributed by atoms with Crippen LogP contribution in [0.4, 0.5) is 0 Å². The molecule has 1 aromatic rings. The molecule has 0 aliphatic carbocycles. The molecule has 0 heterocycles. The van der Waals surface area contributed by atoms with Gasteiger partial charge in [-0.1, -0.05) is 29.8 Å². The number of benzene rings is 1. The Morgan fingerprint density at radius 3 is 2.67 bits per heavy atom. The second-order valence-corrected chi connectivity index (χ2v) is 7.40. The predicted molar refractivity (Wildman–Crippen MR) is 83.5 cm³/mol. The van der Waals surface area contributed by atoms with Gasteiger partial charge in [0.25, 0.3) is 5.91 Å². The van der Waals surface area contributed by atoms with Crippen molar-refractivity contribution in [3.8, 4) is 5.75 Å². The predicted octanol–water partition coefficient (Wildman–Crippen LogP) is 1.64. The highest BCUT2D eigenvalue weighted by Crippen LogP contribution is 2.26. The molecule has 0 saturated carbocycles. The van der Waals surface area contributed by atoms with Gasteiger partial charge in [-0.15, -0.1) is 0 Å². The topological polar surface area (TPSA) is 98.5 Å². The fourth-order valence-corrected chi connectivity index (χ4v) is 2.73. The molecule has 21 heavy (non-hydrogen) atoms. The summed E-state index contributed by atoms with van der Waals surface area (Å²) in [6.45, 7) is 4.41. The Hall–Kier alpha value is -1.12. The number of halogens is 1. The molecule has 118 valence electrons. The molecule has 1 amide bonds. The Balaban J connectivity index is 2.66. The molecular weight excluding hydrogens is 360 g/mol. The number of sulfonamides is 1. The number of carbonyl (C=O) groups is 1. The van der Waals surface area contributed by atoms with Crippen molar-refractivity contribution in [2.24, 2.45) is 11.1 Å². The van der Waals surface area contributed by atoms with E-state index in [1.54, 1.807) is 6.07 Å². The molecule has 0 spiro atoms. The molecule has 0 atom stereocenters. The molecule has 0 bridgehead atoms. The lowest BCUT2D eigenvalue weighted by Crippen LogP contribution is -2.30. The van der Waals surface area contributed by atoms with Crippen LogP contribution in [0, 0.1) is 5.92 Å². The molecule has 0 aliphatic heterocycles. The first-order chi connectivity index (χ1) is 9.70. The third kappa shape index (κ3) is 6.45. The highest BCUT2D eigenvalue weighted by atomic mass is 79.9. The van der Waals surface area contributed by atoms with E-state index in [1.165, 1.54) is 12.1 Å². The maximum atomic E-state index is 11.6. The minimum Gasteiger partial charge on any atom is -0.482 e. The molecule has 0 unspecified atom stereocenters. The number of amides is 1. The van der Waals surface area contributed by atoms with Gasteiger partial charge in [0.05, 0.1) is 0 Å². The van der Waals surface area contributed by atoms with Gasteiger partial charge < -0.3 is 10.1 Å². The van der Waals surface area contributed by atoms with Crippen molar-refractivity contribution in [2.45, 2.75) is 25.2 Å². The van der Waals surface area contributed by atoms with E-state index in [1.807, 2.05) is 0 Å². The van der Waals surface area contributed by atoms with Crippen LogP contribution < -0.4 is 15.2 Å². The Morgan fingerprint density at radius 2 is 2.10 bits per heavy atom. The minimum absolute atomic E-state index is 0.0553. The highest BCUT2D eigenvalue weighted by Gasteiger charge is 2.16. The second-order valence-electron chi connectivity index (χ2n) is 4.96. The summed E-state index contributed by atoms with van der Waals surface area (Å²) in [6, 6.07) is 4.40. The summed E-state index contributed by atoms with van der Waals surface area (Å²) in [4.78, 5) is 11.4. The average Bonchev–Trinajstić information content (AvgIpc) is 2.35. The van der Waals surface area contributed by atoms with Gasteiger partial charge in [-0.2, -0.15) is 0 Å². The molecule has 0 aromatic heterocycles. The Bertz CT molecular complexity index is 602. The summed E-state index contributed by atoms with van der Waals surface area (Å²) in [5.74, 6) is 0.241. The van der Waals surface area contributed by atoms with Gasteiger partial charge in [-0.25, -0.2) is 13.6 Å². The third-order valence-electron chi connectivity index (χ3n) is 2.61. The van der Waals surface area contributed by atoms with Crippen molar-refractivity contribution in [1.29, 1.82) is 0 Å². The van der Waals surface area contributed by atoms with E-state index in [-0.39, 0.29) is 23.2 Å². The quantitative estimate of drug-likeness (QED) is 0.753. The maximum absolute atomic E-state index is 11.6. The number of ether oxygens (including phenoxy) is 1. The molecule has 8 heteroatoms. The average molecular weight is 379 g/mol. The van der Waals surface area contributed by atoms with E-state index in [0.29, 0.717) is 16.9 Å². The zero-order valence-corrected chi connectivity index (χ0v) is 14.3. The van der Waals surface area contributed by atoms with Gasteiger partial charge >= 0.3 is 0 Å². The summed E-state index contributed by atoms with van der Waals surface area (Å²) in [5.41, 5.74) is 0. The lowest BCUT2D eigenvalue weighted by molar-refractivity contribution is -0.123. The Kier molecular flexibility index (Phi) is 6.63. The summed E-state index contributed by atoms with van der Waals surface area (Å²) in [5, 5.41) is 7.82. The fourth-order valence-electron chi connectivity index (χ4n) is 1.52. The van der Waals surface area contributed by atoms with E-state index in [0.717, 1.165) is 6.42 Å². The van der Waals surface area contributed by atoms with Crippen molar-refractivity contribution in [1.82, 2.24) is 5.32 Å². The standard InChI is InChI=1S/C13H19BrN2O4S/c1-9(2)5-6-16-13(17)8-20-11-4-3-10(14)7-12(11)21(15,18)19/h3-4,7,9H,5-6,8H2,1-2H3,(H,16,17)(H2,15,18,19). The zero-order valence-electron chi connectivity index (χ0n) is 11.9. The number of nitrogens with two attached hydrogens (primary N) is 1. The van der Waals surface area contributed by atoms with E-state index in [2.05, 4.69) is 35.1 Å². The van der Waals surface area contributed by atoms with Crippen molar-refractivity contribution in [2.75, 3.05) is 13.2 Å². The lowest BCUT2D eigenvalue weighted by atomic mass is 10.1. The molecular formula is C13H19BrN2O4S. The number of rotatable bonds is 7. The Morgan fingerprint density at radius 1 is 1.43 bits per heavy atom. The number of nitrogens with one attached hydrogen (secondary N) is 1. The molecule has 1 rings (SSSR count). The van der Waals surface area contributed by atoms with Crippen molar-refractivity contribution in [3.05, 3.63) is 22.7 Å². The smallest absolute Gasteiger partial charge is 0.257 e. The van der Waals surface area contributed by atoms with Gasteiger partial charge in [0.15, 0.2) is 6.61 Å². The largest absolute Gasteiger partial charge is 0.482 e. The normalized spacial score (nSPS) is 11.5.